The summed E-state index contributed by atoms with van der Waals surface area (Å²) >= 11 is 0. The molecule has 34 heavy (non-hydrogen) atoms. The minimum absolute atomic E-state index is 0.116. The number of nitrogens with zero attached hydrogens (tertiary/aromatic N) is 2. The molecule has 1 heterocycles. The molecule has 0 unspecified atom stereocenters. The molecule has 2 aromatic carbocycles. The van der Waals surface area contributed by atoms with Crippen molar-refractivity contribution < 1.29 is 28.2 Å². The van der Waals surface area contributed by atoms with Crippen molar-refractivity contribution in [3.8, 4) is 11.5 Å². The maximum Gasteiger partial charge on any atom is 0.254 e. The first-order valence-electron chi connectivity index (χ1n) is 10.9. The van der Waals surface area contributed by atoms with E-state index < -0.39 is 0 Å². The summed E-state index contributed by atoms with van der Waals surface area (Å²) in [5.74, 6) is 1.12. The van der Waals surface area contributed by atoms with Crippen molar-refractivity contribution in [1.82, 2.24) is 9.80 Å². The summed E-state index contributed by atoms with van der Waals surface area (Å²) in [5, 5.41) is 0. The Morgan fingerprint density at radius 1 is 0.853 bits per heavy atom. The Balaban J connectivity index is 1.83. The normalized spacial score (nSPS) is 10.6. The van der Waals surface area contributed by atoms with Gasteiger partial charge in [-0.15, -0.1) is 0 Å². The number of ether oxygens (including phenoxy) is 3. The van der Waals surface area contributed by atoms with Gasteiger partial charge in [-0.25, -0.2) is 0 Å². The number of hydrogen-bond acceptors (Lipinski definition) is 6. The highest BCUT2D eigenvalue weighted by Crippen LogP contribution is 2.23. The molecule has 1 aromatic heterocycles. The van der Waals surface area contributed by atoms with Crippen LogP contribution in [0.3, 0.4) is 0 Å². The van der Waals surface area contributed by atoms with E-state index in [2.05, 4.69) is 0 Å². The third-order valence-electron chi connectivity index (χ3n) is 5.27. The van der Waals surface area contributed by atoms with Crippen LogP contribution in [0.25, 0.3) is 0 Å². The highest BCUT2D eigenvalue weighted by atomic mass is 16.5. The molecule has 0 radical (unpaired) electrons. The fourth-order valence-corrected chi connectivity index (χ4v) is 3.46. The first-order valence-corrected chi connectivity index (χ1v) is 10.9. The molecule has 2 amide bonds. The van der Waals surface area contributed by atoms with E-state index in [0.29, 0.717) is 35.9 Å². The standard InChI is InChI=1S/C26H30N2O6/c1-31-13-11-27(26(30)21-14-23(32-2)16-24(15-21)33-3)19-25(29)28(18-22-10-7-12-34-22)17-20-8-5-4-6-9-20/h4-10,12,14-16H,11,13,17-19H2,1-3H3. The van der Waals surface area contributed by atoms with Gasteiger partial charge in [0.05, 0.1) is 33.6 Å². The van der Waals surface area contributed by atoms with Gasteiger partial charge >= 0.3 is 0 Å². The molecule has 8 nitrogen and oxygen atoms in total. The molecule has 0 aliphatic heterocycles. The van der Waals surface area contributed by atoms with Gasteiger partial charge in [0.15, 0.2) is 0 Å². The summed E-state index contributed by atoms with van der Waals surface area (Å²) in [4.78, 5) is 30.0. The average molecular weight is 467 g/mol. The molecule has 3 rings (SSSR count). The maximum atomic E-state index is 13.4. The van der Waals surface area contributed by atoms with Crippen LogP contribution in [0.15, 0.2) is 71.3 Å². The Morgan fingerprint density at radius 2 is 1.56 bits per heavy atom. The summed E-state index contributed by atoms with van der Waals surface area (Å²) in [7, 11) is 4.59. The summed E-state index contributed by atoms with van der Waals surface area (Å²) in [6, 6.07) is 18.2. The van der Waals surface area contributed by atoms with Crippen LogP contribution in [0.4, 0.5) is 0 Å². The Hall–Kier alpha value is -3.78. The SMILES string of the molecule is COCCN(CC(=O)N(Cc1ccccc1)Cc1ccco1)C(=O)c1cc(OC)cc(OC)c1. The monoisotopic (exact) mass is 466 g/mol. The fraction of sp³-hybridized carbons (Fsp3) is 0.308. The Morgan fingerprint density at radius 3 is 2.15 bits per heavy atom. The summed E-state index contributed by atoms with van der Waals surface area (Å²) < 4.78 is 21.2. The zero-order chi connectivity index (χ0) is 24.3. The molecule has 0 spiro atoms. The first kappa shape index (κ1) is 24.9. The van der Waals surface area contributed by atoms with E-state index in [-0.39, 0.29) is 31.5 Å². The van der Waals surface area contributed by atoms with Crippen LogP contribution in [0.2, 0.25) is 0 Å². The van der Waals surface area contributed by atoms with Gasteiger partial charge in [0, 0.05) is 31.8 Å². The van der Waals surface area contributed by atoms with Gasteiger partial charge in [-0.1, -0.05) is 30.3 Å². The largest absolute Gasteiger partial charge is 0.497 e. The van der Waals surface area contributed by atoms with Crippen molar-refractivity contribution in [2.24, 2.45) is 0 Å². The lowest BCUT2D eigenvalue weighted by atomic mass is 10.1. The summed E-state index contributed by atoms with van der Waals surface area (Å²) in [5.41, 5.74) is 1.34. The fourth-order valence-electron chi connectivity index (χ4n) is 3.46. The molecule has 0 aliphatic rings. The van der Waals surface area contributed by atoms with E-state index in [9.17, 15) is 9.59 Å². The van der Waals surface area contributed by atoms with E-state index in [4.69, 9.17) is 18.6 Å². The van der Waals surface area contributed by atoms with Crippen molar-refractivity contribution in [2.75, 3.05) is 41.0 Å². The Bertz CT molecular complexity index is 1030. The second kappa shape index (κ2) is 12.5. The minimum Gasteiger partial charge on any atom is -0.497 e. The molecule has 0 aliphatic carbocycles. The molecule has 0 atom stereocenters. The van der Waals surface area contributed by atoms with Gasteiger partial charge < -0.3 is 28.4 Å². The van der Waals surface area contributed by atoms with Crippen LogP contribution in [-0.4, -0.2) is 62.6 Å². The van der Waals surface area contributed by atoms with E-state index in [1.54, 1.807) is 42.5 Å². The summed E-state index contributed by atoms with van der Waals surface area (Å²) in [6.45, 7) is 1.10. The van der Waals surface area contributed by atoms with Gasteiger partial charge in [0.2, 0.25) is 5.91 Å². The maximum absolute atomic E-state index is 13.4. The lowest BCUT2D eigenvalue weighted by molar-refractivity contribution is -0.133. The van der Waals surface area contributed by atoms with Gasteiger partial charge in [0.25, 0.3) is 5.91 Å². The molecule has 0 fully saturated rings. The van der Waals surface area contributed by atoms with Gasteiger partial charge in [0.1, 0.15) is 23.8 Å². The van der Waals surface area contributed by atoms with E-state index in [1.165, 1.54) is 19.1 Å². The van der Waals surface area contributed by atoms with Crippen LogP contribution in [0.5, 0.6) is 11.5 Å². The quantitative estimate of drug-likeness (QED) is 0.406. The zero-order valence-corrected chi connectivity index (χ0v) is 19.7. The second-order valence-corrected chi connectivity index (χ2v) is 7.64. The van der Waals surface area contributed by atoms with Gasteiger partial charge in [-0.05, 0) is 29.8 Å². The van der Waals surface area contributed by atoms with Crippen LogP contribution < -0.4 is 9.47 Å². The molecule has 0 bridgehead atoms. The number of rotatable bonds is 12. The molecule has 3 aromatic rings. The number of benzene rings is 2. The number of methoxy groups -OCH3 is 3. The van der Waals surface area contributed by atoms with E-state index in [0.717, 1.165) is 5.56 Å². The number of amides is 2. The van der Waals surface area contributed by atoms with Crippen molar-refractivity contribution in [2.45, 2.75) is 13.1 Å². The highest BCUT2D eigenvalue weighted by molar-refractivity contribution is 5.97. The van der Waals surface area contributed by atoms with Crippen molar-refractivity contribution in [3.05, 3.63) is 83.8 Å². The third kappa shape index (κ3) is 6.86. The molecular formula is C26H30N2O6. The van der Waals surface area contributed by atoms with Crippen LogP contribution in [0, 0.1) is 0 Å². The number of furan rings is 1. The van der Waals surface area contributed by atoms with Crippen LogP contribution >= 0.6 is 0 Å². The highest BCUT2D eigenvalue weighted by Gasteiger charge is 2.24. The molecular weight excluding hydrogens is 436 g/mol. The molecule has 0 N–H and O–H groups in total. The van der Waals surface area contributed by atoms with Crippen molar-refractivity contribution >= 4 is 11.8 Å². The van der Waals surface area contributed by atoms with Crippen molar-refractivity contribution in [3.63, 3.8) is 0 Å². The summed E-state index contributed by atoms with van der Waals surface area (Å²) in [6.07, 6.45) is 1.57. The lowest BCUT2D eigenvalue weighted by Crippen LogP contribution is -2.43. The number of hydrogen-bond donors (Lipinski definition) is 0. The molecule has 180 valence electrons. The van der Waals surface area contributed by atoms with E-state index >= 15 is 0 Å². The molecule has 8 heteroatoms. The van der Waals surface area contributed by atoms with Gasteiger partial charge in [-0.2, -0.15) is 0 Å². The third-order valence-corrected chi connectivity index (χ3v) is 5.27. The van der Waals surface area contributed by atoms with Crippen LogP contribution in [0.1, 0.15) is 21.7 Å². The number of carbonyl (C=O) groups is 2. The van der Waals surface area contributed by atoms with Crippen molar-refractivity contribution in [1.29, 1.82) is 0 Å². The average Bonchev–Trinajstić information content (AvgIpc) is 3.39. The van der Waals surface area contributed by atoms with Gasteiger partial charge in [-0.3, -0.25) is 9.59 Å². The number of carbonyl (C=O) groups excluding carboxylic acids is 2. The second-order valence-electron chi connectivity index (χ2n) is 7.64. The van der Waals surface area contributed by atoms with E-state index in [1.807, 2.05) is 36.4 Å². The van der Waals surface area contributed by atoms with Crippen LogP contribution in [-0.2, 0) is 22.6 Å². The molecule has 0 saturated heterocycles. The predicted octanol–water partition coefficient (Wildman–Crippen LogP) is 3.61. The zero-order valence-electron chi connectivity index (χ0n) is 19.7. The molecule has 0 saturated carbocycles. The minimum atomic E-state index is -0.319. The Kier molecular flexibility index (Phi) is 9.11. The first-order chi connectivity index (χ1) is 16.5. The Labute approximate surface area is 199 Å². The lowest BCUT2D eigenvalue weighted by Gasteiger charge is -2.27. The smallest absolute Gasteiger partial charge is 0.254 e. The topological polar surface area (TPSA) is 81.5 Å². The predicted molar refractivity (Wildman–Crippen MR) is 127 cm³/mol.